The summed E-state index contributed by atoms with van der Waals surface area (Å²) in [7, 11) is 0. The second-order valence-corrected chi connectivity index (χ2v) is 6.08. The molecule has 1 fully saturated rings. The lowest BCUT2D eigenvalue weighted by Gasteiger charge is -2.33. The fourth-order valence-electron chi connectivity index (χ4n) is 2.94. The highest BCUT2D eigenvalue weighted by Crippen LogP contribution is 2.23. The topological polar surface area (TPSA) is 76.7 Å². The molecular formula is C18H23N3O4. The number of hydrogen-bond acceptors (Lipinski definition) is 5. The van der Waals surface area contributed by atoms with Crippen LogP contribution in [0.25, 0.3) is 0 Å². The monoisotopic (exact) mass is 345 g/mol. The molecule has 134 valence electrons. The van der Waals surface area contributed by atoms with Gasteiger partial charge in [-0.25, -0.2) is 0 Å². The summed E-state index contributed by atoms with van der Waals surface area (Å²) in [6, 6.07) is 8.66. The molecule has 7 nitrogen and oxygen atoms in total. The number of aryl methyl sites for hydroxylation is 1. The van der Waals surface area contributed by atoms with Crippen molar-refractivity contribution in [3.05, 3.63) is 58.4 Å². The minimum absolute atomic E-state index is 0.00663. The SMILES string of the molecule is Cc1ccc([C@@H](CNC(=O)Cn2ccccc2=O)N2CCOCC2)o1. The molecule has 1 aliphatic heterocycles. The summed E-state index contributed by atoms with van der Waals surface area (Å²) in [5.74, 6) is 1.47. The summed E-state index contributed by atoms with van der Waals surface area (Å²) >= 11 is 0. The number of nitrogens with zero attached hydrogens (tertiary/aromatic N) is 2. The fraction of sp³-hybridized carbons (Fsp3) is 0.444. The van der Waals surface area contributed by atoms with Gasteiger partial charge in [0.25, 0.3) is 5.56 Å². The summed E-state index contributed by atoms with van der Waals surface area (Å²) in [6.07, 6.45) is 1.61. The van der Waals surface area contributed by atoms with E-state index >= 15 is 0 Å². The molecule has 0 aromatic carbocycles. The molecule has 0 radical (unpaired) electrons. The maximum atomic E-state index is 12.2. The summed E-state index contributed by atoms with van der Waals surface area (Å²) in [5, 5.41) is 2.92. The van der Waals surface area contributed by atoms with Crippen LogP contribution in [-0.4, -0.2) is 48.2 Å². The zero-order valence-corrected chi connectivity index (χ0v) is 14.3. The van der Waals surface area contributed by atoms with Crippen molar-refractivity contribution in [3.8, 4) is 0 Å². The first-order valence-electron chi connectivity index (χ1n) is 8.44. The Morgan fingerprint density at radius 2 is 2.04 bits per heavy atom. The third-order valence-electron chi connectivity index (χ3n) is 4.28. The van der Waals surface area contributed by atoms with Crippen LogP contribution in [-0.2, 0) is 16.1 Å². The highest BCUT2D eigenvalue weighted by molar-refractivity contribution is 5.75. The largest absolute Gasteiger partial charge is 0.465 e. The number of ether oxygens (including phenoxy) is 1. The Bertz CT molecular complexity index is 761. The molecule has 1 aliphatic rings. The molecule has 0 saturated carbocycles. The predicted molar refractivity (Wildman–Crippen MR) is 92.3 cm³/mol. The second kappa shape index (κ2) is 8.13. The molecule has 3 rings (SSSR count). The minimum Gasteiger partial charge on any atom is -0.465 e. The highest BCUT2D eigenvalue weighted by atomic mass is 16.5. The van der Waals surface area contributed by atoms with E-state index in [9.17, 15) is 9.59 Å². The molecule has 1 atom stereocenters. The van der Waals surface area contributed by atoms with E-state index in [1.807, 2.05) is 19.1 Å². The lowest BCUT2D eigenvalue weighted by Crippen LogP contribution is -2.44. The molecule has 25 heavy (non-hydrogen) atoms. The number of furan rings is 1. The summed E-state index contributed by atoms with van der Waals surface area (Å²) < 4.78 is 12.6. The Hall–Kier alpha value is -2.38. The van der Waals surface area contributed by atoms with Gasteiger partial charge in [-0.05, 0) is 25.1 Å². The molecule has 0 spiro atoms. The van der Waals surface area contributed by atoms with Crippen molar-refractivity contribution in [1.82, 2.24) is 14.8 Å². The molecule has 7 heteroatoms. The van der Waals surface area contributed by atoms with Crippen LogP contribution in [0.4, 0.5) is 0 Å². The smallest absolute Gasteiger partial charge is 0.250 e. The van der Waals surface area contributed by atoms with Gasteiger partial charge < -0.3 is 19.0 Å². The first-order valence-corrected chi connectivity index (χ1v) is 8.44. The van der Waals surface area contributed by atoms with E-state index in [2.05, 4.69) is 10.2 Å². The maximum Gasteiger partial charge on any atom is 0.250 e. The first kappa shape index (κ1) is 17.4. The molecule has 1 amide bonds. The van der Waals surface area contributed by atoms with Crippen molar-refractivity contribution in [1.29, 1.82) is 0 Å². The van der Waals surface area contributed by atoms with E-state index in [0.717, 1.165) is 24.6 Å². The van der Waals surface area contributed by atoms with E-state index < -0.39 is 0 Å². The van der Waals surface area contributed by atoms with Crippen LogP contribution < -0.4 is 10.9 Å². The lowest BCUT2D eigenvalue weighted by atomic mass is 10.1. The fourth-order valence-corrected chi connectivity index (χ4v) is 2.94. The average molecular weight is 345 g/mol. The van der Waals surface area contributed by atoms with Gasteiger partial charge >= 0.3 is 0 Å². The third-order valence-corrected chi connectivity index (χ3v) is 4.28. The van der Waals surface area contributed by atoms with Gasteiger partial charge in [0, 0.05) is 31.9 Å². The summed E-state index contributed by atoms with van der Waals surface area (Å²) in [5.41, 5.74) is -0.191. The Morgan fingerprint density at radius 3 is 2.72 bits per heavy atom. The minimum atomic E-state index is -0.199. The molecule has 1 saturated heterocycles. The Labute approximate surface area is 146 Å². The normalized spacial score (nSPS) is 16.5. The molecule has 1 N–H and O–H groups in total. The number of morpholine rings is 1. The van der Waals surface area contributed by atoms with Gasteiger partial charge in [0.2, 0.25) is 5.91 Å². The zero-order valence-electron chi connectivity index (χ0n) is 14.3. The van der Waals surface area contributed by atoms with Crippen molar-refractivity contribution in [3.63, 3.8) is 0 Å². The van der Waals surface area contributed by atoms with Crippen LogP contribution >= 0.6 is 0 Å². The van der Waals surface area contributed by atoms with Crippen LogP contribution in [0.3, 0.4) is 0 Å². The van der Waals surface area contributed by atoms with Gasteiger partial charge in [-0.2, -0.15) is 0 Å². The molecule has 0 unspecified atom stereocenters. The molecule has 2 aromatic rings. The molecule has 0 aliphatic carbocycles. The van der Waals surface area contributed by atoms with Gasteiger partial charge in [-0.1, -0.05) is 6.07 Å². The van der Waals surface area contributed by atoms with Gasteiger partial charge in [0.15, 0.2) is 0 Å². The van der Waals surface area contributed by atoms with Crippen LogP contribution in [0.5, 0.6) is 0 Å². The second-order valence-electron chi connectivity index (χ2n) is 6.08. The van der Waals surface area contributed by atoms with Gasteiger partial charge in [0.05, 0.1) is 19.3 Å². The first-order chi connectivity index (χ1) is 12.1. The number of aromatic nitrogens is 1. The number of pyridine rings is 1. The molecule has 3 heterocycles. The average Bonchev–Trinajstić information content (AvgIpc) is 3.04. The van der Waals surface area contributed by atoms with E-state index in [1.54, 1.807) is 18.3 Å². The van der Waals surface area contributed by atoms with Crippen molar-refractivity contribution in [2.75, 3.05) is 32.8 Å². The van der Waals surface area contributed by atoms with E-state index in [1.165, 1.54) is 10.6 Å². The van der Waals surface area contributed by atoms with E-state index in [4.69, 9.17) is 9.15 Å². The summed E-state index contributed by atoms with van der Waals surface area (Å²) in [6.45, 7) is 5.25. The number of hydrogen-bond donors (Lipinski definition) is 1. The number of carbonyl (C=O) groups is 1. The van der Waals surface area contributed by atoms with Gasteiger partial charge in [-0.15, -0.1) is 0 Å². The number of rotatable bonds is 6. The molecule has 2 aromatic heterocycles. The van der Waals surface area contributed by atoms with Crippen LogP contribution in [0.1, 0.15) is 17.6 Å². The Morgan fingerprint density at radius 1 is 1.24 bits per heavy atom. The Kier molecular flexibility index (Phi) is 5.67. The number of carbonyl (C=O) groups excluding carboxylic acids is 1. The number of nitrogens with one attached hydrogen (secondary N) is 1. The predicted octanol–water partition coefficient (Wildman–Crippen LogP) is 0.939. The molecular weight excluding hydrogens is 322 g/mol. The van der Waals surface area contributed by atoms with Gasteiger partial charge in [0.1, 0.15) is 18.1 Å². The number of amides is 1. The third kappa shape index (κ3) is 4.58. The van der Waals surface area contributed by atoms with Crippen LogP contribution in [0.2, 0.25) is 0 Å². The van der Waals surface area contributed by atoms with Crippen molar-refractivity contribution >= 4 is 5.91 Å². The van der Waals surface area contributed by atoms with E-state index in [0.29, 0.717) is 19.8 Å². The standard InChI is InChI=1S/C18H23N3O4/c1-14-5-6-16(25-14)15(20-8-10-24-11-9-20)12-19-17(22)13-21-7-3-2-4-18(21)23/h2-7,15H,8-13H2,1H3,(H,19,22)/t15-/m1/s1. The van der Waals surface area contributed by atoms with E-state index in [-0.39, 0.29) is 24.1 Å². The maximum absolute atomic E-state index is 12.2. The van der Waals surface area contributed by atoms with Crippen molar-refractivity contribution < 1.29 is 13.9 Å². The molecule has 0 bridgehead atoms. The zero-order chi connectivity index (χ0) is 17.6. The van der Waals surface area contributed by atoms with Crippen molar-refractivity contribution in [2.24, 2.45) is 0 Å². The quantitative estimate of drug-likeness (QED) is 0.843. The highest BCUT2D eigenvalue weighted by Gasteiger charge is 2.25. The summed E-state index contributed by atoms with van der Waals surface area (Å²) in [4.78, 5) is 26.2. The van der Waals surface area contributed by atoms with Crippen LogP contribution in [0, 0.1) is 6.92 Å². The Balaban J connectivity index is 1.64. The van der Waals surface area contributed by atoms with Crippen molar-refractivity contribution in [2.45, 2.75) is 19.5 Å². The lowest BCUT2D eigenvalue weighted by molar-refractivity contribution is -0.122. The van der Waals surface area contributed by atoms with Crippen LogP contribution in [0.15, 0.2) is 45.7 Å². The van der Waals surface area contributed by atoms with Gasteiger partial charge in [-0.3, -0.25) is 14.5 Å².